The third-order valence-electron chi connectivity index (χ3n) is 6.13. The zero-order valence-electron chi connectivity index (χ0n) is 16.6. The molecule has 2 unspecified atom stereocenters. The lowest BCUT2D eigenvalue weighted by Gasteiger charge is -2.26. The van der Waals surface area contributed by atoms with Crippen molar-refractivity contribution in [1.29, 1.82) is 0 Å². The second-order valence-corrected chi connectivity index (χ2v) is 9.54. The minimum Gasteiger partial charge on any atom is -0.480 e. The van der Waals surface area contributed by atoms with E-state index in [1.54, 1.807) is 12.3 Å². The molecule has 1 amide bonds. The number of nitrogens with zero attached hydrogens (tertiary/aromatic N) is 4. The maximum atomic E-state index is 14.4. The van der Waals surface area contributed by atoms with Crippen LogP contribution >= 0.6 is 22.6 Å². The molecule has 32 heavy (non-hydrogen) atoms. The Morgan fingerprint density at radius 3 is 2.78 bits per heavy atom. The van der Waals surface area contributed by atoms with Crippen molar-refractivity contribution >= 4 is 51.6 Å². The molecular weight excluding hydrogens is 535 g/mol. The first kappa shape index (κ1) is 21.0. The van der Waals surface area contributed by atoms with Gasteiger partial charge in [0.2, 0.25) is 5.91 Å². The fraction of sp³-hybridized carbons (Fsp3) is 0.333. The molecule has 1 aromatic carbocycles. The summed E-state index contributed by atoms with van der Waals surface area (Å²) in [5.41, 5.74) is -0.536. The van der Waals surface area contributed by atoms with Crippen molar-refractivity contribution in [3.05, 3.63) is 53.9 Å². The average molecular weight is 553 g/mol. The first-order valence-corrected chi connectivity index (χ1v) is 11.3. The highest BCUT2D eigenvalue weighted by atomic mass is 127. The van der Waals surface area contributed by atoms with Crippen LogP contribution in [-0.4, -0.2) is 42.1 Å². The molecule has 3 aromatic rings. The van der Waals surface area contributed by atoms with Crippen molar-refractivity contribution < 1.29 is 23.5 Å². The summed E-state index contributed by atoms with van der Waals surface area (Å²) >= 11 is 1.96. The zero-order valence-corrected chi connectivity index (χ0v) is 18.8. The van der Waals surface area contributed by atoms with Gasteiger partial charge in [-0.05, 0) is 43.5 Å². The number of carboxylic acid groups (broad SMARTS) is 1. The lowest BCUT2D eigenvalue weighted by Crippen LogP contribution is -2.33. The molecule has 1 saturated heterocycles. The molecule has 2 aliphatic rings. The SMILES string of the molecule is O=C(O)[C@]1(C(=O)Nc2cnn3ccc(N4CCCC4c4cc(F)ccc4F)nc23)CC1I. The number of hydrogen-bond acceptors (Lipinski definition) is 5. The number of alkyl halides is 1. The van der Waals surface area contributed by atoms with Crippen LogP contribution in [0.3, 0.4) is 0 Å². The van der Waals surface area contributed by atoms with Crippen LogP contribution < -0.4 is 10.2 Å². The third-order valence-corrected chi connectivity index (χ3v) is 7.63. The van der Waals surface area contributed by atoms with E-state index in [0.29, 0.717) is 30.1 Å². The van der Waals surface area contributed by atoms with Crippen molar-refractivity contribution in [3.8, 4) is 0 Å². The van der Waals surface area contributed by atoms with Crippen LogP contribution in [0.15, 0.2) is 36.7 Å². The van der Waals surface area contributed by atoms with Crippen LogP contribution in [0.1, 0.15) is 30.9 Å². The van der Waals surface area contributed by atoms with Crippen LogP contribution in [0.4, 0.5) is 20.3 Å². The highest BCUT2D eigenvalue weighted by Crippen LogP contribution is 2.53. The van der Waals surface area contributed by atoms with E-state index < -0.39 is 28.9 Å². The van der Waals surface area contributed by atoms with Gasteiger partial charge < -0.3 is 15.3 Å². The summed E-state index contributed by atoms with van der Waals surface area (Å²) < 4.78 is 29.4. The minimum atomic E-state index is -1.44. The molecule has 1 aliphatic heterocycles. The largest absolute Gasteiger partial charge is 0.480 e. The van der Waals surface area contributed by atoms with Gasteiger partial charge in [0.1, 0.15) is 23.1 Å². The molecule has 5 rings (SSSR count). The van der Waals surface area contributed by atoms with Gasteiger partial charge in [0.15, 0.2) is 11.1 Å². The topological polar surface area (TPSA) is 99.8 Å². The van der Waals surface area contributed by atoms with Crippen molar-refractivity contribution in [2.45, 2.75) is 29.2 Å². The van der Waals surface area contributed by atoms with Gasteiger partial charge in [0.05, 0.1) is 12.2 Å². The second-order valence-electron chi connectivity index (χ2n) is 8.03. The predicted octanol–water partition coefficient (Wildman–Crippen LogP) is 3.57. The Hall–Kier alpha value is -2.83. The number of aliphatic carboxylic acids is 1. The summed E-state index contributed by atoms with van der Waals surface area (Å²) in [7, 11) is 0. The van der Waals surface area contributed by atoms with E-state index in [1.165, 1.54) is 16.8 Å². The summed E-state index contributed by atoms with van der Waals surface area (Å²) in [5, 5.41) is 16.3. The van der Waals surface area contributed by atoms with Gasteiger partial charge >= 0.3 is 5.97 Å². The molecule has 0 radical (unpaired) electrons. The van der Waals surface area contributed by atoms with Crippen LogP contribution in [0.2, 0.25) is 0 Å². The molecular formula is C21H18F2IN5O3. The van der Waals surface area contributed by atoms with Gasteiger partial charge in [-0.1, -0.05) is 22.6 Å². The molecule has 2 fully saturated rings. The van der Waals surface area contributed by atoms with Crippen LogP contribution in [-0.2, 0) is 9.59 Å². The van der Waals surface area contributed by atoms with E-state index >= 15 is 0 Å². The minimum absolute atomic E-state index is 0.265. The Bertz CT molecular complexity index is 1250. The predicted molar refractivity (Wildman–Crippen MR) is 120 cm³/mol. The molecule has 0 bridgehead atoms. The molecule has 2 N–H and O–H groups in total. The number of fused-ring (bicyclic) bond motifs is 1. The Morgan fingerprint density at radius 2 is 2.06 bits per heavy atom. The van der Waals surface area contributed by atoms with Crippen molar-refractivity contribution in [2.24, 2.45) is 5.41 Å². The van der Waals surface area contributed by atoms with E-state index in [2.05, 4.69) is 15.4 Å². The van der Waals surface area contributed by atoms with E-state index in [4.69, 9.17) is 0 Å². The smallest absolute Gasteiger partial charge is 0.320 e. The Kier molecular flexibility index (Phi) is 5.02. The maximum Gasteiger partial charge on any atom is 0.320 e. The number of amides is 1. The molecule has 2 aromatic heterocycles. The number of aromatic nitrogens is 3. The molecule has 8 nitrogen and oxygen atoms in total. The number of hydrogen-bond donors (Lipinski definition) is 2. The maximum absolute atomic E-state index is 14.4. The third kappa shape index (κ3) is 3.29. The highest BCUT2D eigenvalue weighted by molar-refractivity contribution is 14.1. The first-order chi connectivity index (χ1) is 15.3. The number of nitrogens with one attached hydrogen (secondary N) is 1. The lowest BCUT2D eigenvalue weighted by atomic mass is 10.0. The Balaban J connectivity index is 1.47. The molecule has 0 spiro atoms. The van der Waals surface area contributed by atoms with Crippen LogP contribution in [0.25, 0.3) is 5.65 Å². The molecule has 3 atom stereocenters. The normalized spacial score (nSPS) is 24.7. The van der Waals surface area contributed by atoms with Gasteiger partial charge in [0, 0.05) is 22.2 Å². The standard InChI is InChI=1S/C21H18F2IN5O3/c22-11-3-4-13(23)12(8-11)15-2-1-6-28(15)17-5-7-29-18(27-17)14(10-25-29)26-19(30)21(20(31)32)9-16(21)24/h3-5,7-8,10,15-16H,1-2,6,9H2,(H,26,30)(H,31,32)/t15?,16?,21-/m1/s1. The van der Waals surface area contributed by atoms with Gasteiger partial charge in [0.25, 0.3) is 0 Å². The lowest BCUT2D eigenvalue weighted by molar-refractivity contribution is -0.147. The number of carboxylic acids is 1. The van der Waals surface area contributed by atoms with E-state index in [0.717, 1.165) is 18.6 Å². The molecule has 1 saturated carbocycles. The summed E-state index contributed by atoms with van der Waals surface area (Å²) in [5.74, 6) is -2.20. The monoisotopic (exact) mass is 553 g/mol. The summed E-state index contributed by atoms with van der Waals surface area (Å²) in [6, 6.07) is 4.78. The summed E-state index contributed by atoms with van der Waals surface area (Å²) in [6.45, 7) is 0.609. The quantitative estimate of drug-likeness (QED) is 0.285. The van der Waals surface area contributed by atoms with Gasteiger partial charge in [-0.25, -0.2) is 18.3 Å². The number of halogens is 3. The van der Waals surface area contributed by atoms with E-state index in [9.17, 15) is 23.5 Å². The second kappa shape index (κ2) is 7.64. The highest BCUT2D eigenvalue weighted by Gasteiger charge is 2.65. The van der Waals surface area contributed by atoms with Gasteiger partial charge in [-0.15, -0.1) is 0 Å². The van der Waals surface area contributed by atoms with Crippen molar-refractivity contribution in [3.63, 3.8) is 0 Å². The fourth-order valence-corrected chi connectivity index (χ4v) is 5.50. The fourth-order valence-electron chi connectivity index (χ4n) is 4.25. The molecule has 3 heterocycles. The van der Waals surface area contributed by atoms with Gasteiger partial charge in [-0.3, -0.25) is 9.59 Å². The number of benzene rings is 1. The average Bonchev–Trinajstić information content (AvgIpc) is 3.10. The summed E-state index contributed by atoms with van der Waals surface area (Å²) in [4.78, 5) is 30.8. The zero-order chi connectivity index (χ0) is 22.6. The van der Waals surface area contributed by atoms with Crippen molar-refractivity contribution in [1.82, 2.24) is 14.6 Å². The van der Waals surface area contributed by atoms with E-state index in [-0.39, 0.29) is 22.0 Å². The Labute approximate surface area is 194 Å². The van der Waals surface area contributed by atoms with E-state index in [1.807, 2.05) is 27.5 Å². The van der Waals surface area contributed by atoms with Crippen molar-refractivity contribution in [2.75, 3.05) is 16.8 Å². The summed E-state index contributed by atoms with van der Waals surface area (Å²) in [6.07, 6.45) is 4.78. The molecule has 1 aliphatic carbocycles. The number of rotatable bonds is 5. The number of carbonyl (C=O) groups excluding carboxylic acids is 1. The molecule has 11 heteroatoms. The molecule has 166 valence electrons. The van der Waals surface area contributed by atoms with Gasteiger partial charge in [-0.2, -0.15) is 5.10 Å². The number of carbonyl (C=O) groups is 2. The van der Waals surface area contributed by atoms with Crippen LogP contribution in [0, 0.1) is 17.0 Å². The first-order valence-electron chi connectivity index (χ1n) is 10.1. The van der Waals surface area contributed by atoms with Crippen LogP contribution in [0.5, 0.6) is 0 Å². The Morgan fingerprint density at radius 1 is 1.28 bits per heavy atom. The number of anilines is 2.